The van der Waals surface area contributed by atoms with E-state index in [0.29, 0.717) is 28.6 Å². The van der Waals surface area contributed by atoms with Gasteiger partial charge in [0.1, 0.15) is 5.56 Å². The third-order valence-corrected chi connectivity index (χ3v) is 7.53. The molecule has 0 aromatic carbocycles. The minimum absolute atomic E-state index is 0.0201. The second kappa shape index (κ2) is 5.59. The number of H-pyrrole nitrogens is 2. The van der Waals surface area contributed by atoms with Gasteiger partial charge >= 0.3 is 0 Å². The molecule has 1 aromatic rings. The van der Waals surface area contributed by atoms with Crippen LogP contribution in [0, 0.1) is 29.1 Å². The van der Waals surface area contributed by atoms with Crippen molar-refractivity contribution in [1.82, 2.24) is 10.2 Å². The van der Waals surface area contributed by atoms with Crippen molar-refractivity contribution in [1.29, 1.82) is 0 Å². The summed E-state index contributed by atoms with van der Waals surface area (Å²) < 4.78 is 0. The summed E-state index contributed by atoms with van der Waals surface area (Å²) in [6, 6.07) is 0. The van der Waals surface area contributed by atoms with Gasteiger partial charge in [-0.15, -0.1) is 0 Å². The largest absolute Gasteiger partial charge is 0.305 e. The molecule has 122 valence electrons. The average Bonchev–Trinajstić information content (AvgIpc) is 2.87. The van der Waals surface area contributed by atoms with Gasteiger partial charge in [-0.05, 0) is 41.8 Å². The van der Waals surface area contributed by atoms with E-state index in [2.05, 4.69) is 49.7 Å². The van der Waals surface area contributed by atoms with Gasteiger partial charge in [0.25, 0.3) is 5.56 Å². The molecule has 2 N–H and O–H groups in total. The van der Waals surface area contributed by atoms with E-state index in [-0.39, 0.29) is 22.7 Å². The maximum atomic E-state index is 12.9. The monoisotopic (exact) mass is 322 g/mol. The fourth-order valence-electron chi connectivity index (χ4n) is 4.74. The highest BCUT2D eigenvalue weighted by atomic mass is 32.2. The molecule has 1 saturated heterocycles. The van der Waals surface area contributed by atoms with Gasteiger partial charge in [0.2, 0.25) is 0 Å². The van der Waals surface area contributed by atoms with Gasteiger partial charge in [-0.1, -0.05) is 27.7 Å². The first-order chi connectivity index (χ1) is 10.3. The molecular formula is C17H26N2O2S. The van der Waals surface area contributed by atoms with Crippen LogP contribution < -0.4 is 5.56 Å². The molecule has 5 atom stereocenters. The summed E-state index contributed by atoms with van der Waals surface area (Å²) in [5.74, 6) is 2.60. The Labute approximate surface area is 135 Å². The molecule has 0 spiro atoms. The topological polar surface area (TPSA) is 65.7 Å². The number of Topliss-reactive ketones (excluding diaryl/α,β-unsaturated/α-hetero) is 1. The first-order valence-corrected chi connectivity index (χ1v) is 9.29. The summed E-state index contributed by atoms with van der Waals surface area (Å²) in [4.78, 5) is 24.7. The first kappa shape index (κ1) is 15.9. The van der Waals surface area contributed by atoms with E-state index >= 15 is 0 Å². The third-order valence-electron chi connectivity index (χ3n) is 5.95. The summed E-state index contributed by atoms with van der Waals surface area (Å²) >= 11 is 2.09. The SMILES string of the molecule is CC1CC(C(=O)c2c[nH][nH]c2=O)C(C)C2C1SCCC2(C)C. The number of nitrogens with one attached hydrogen (secondary N) is 2. The van der Waals surface area contributed by atoms with Crippen LogP contribution in [-0.2, 0) is 0 Å². The zero-order valence-electron chi connectivity index (χ0n) is 13.8. The number of rotatable bonds is 2. The van der Waals surface area contributed by atoms with Gasteiger partial charge in [-0.25, -0.2) is 0 Å². The summed E-state index contributed by atoms with van der Waals surface area (Å²) in [6.07, 6.45) is 3.63. The van der Waals surface area contributed by atoms with Crippen LogP contribution in [0.25, 0.3) is 0 Å². The van der Waals surface area contributed by atoms with E-state index in [9.17, 15) is 9.59 Å². The van der Waals surface area contributed by atoms with E-state index < -0.39 is 0 Å². The number of ketones is 1. The van der Waals surface area contributed by atoms with Gasteiger partial charge in [0, 0.05) is 17.4 Å². The molecule has 1 aromatic heterocycles. The smallest absolute Gasteiger partial charge is 0.274 e. The number of fused-ring (bicyclic) bond motifs is 1. The van der Waals surface area contributed by atoms with Gasteiger partial charge < -0.3 is 5.10 Å². The Morgan fingerprint density at radius 1 is 1.36 bits per heavy atom. The van der Waals surface area contributed by atoms with Gasteiger partial charge in [0.15, 0.2) is 5.78 Å². The molecule has 0 radical (unpaired) electrons. The molecule has 4 nitrogen and oxygen atoms in total. The summed E-state index contributed by atoms with van der Waals surface area (Å²) in [5.41, 5.74) is 0.278. The minimum atomic E-state index is -0.288. The first-order valence-electron chi connectivity index (χ1n) is 8.25. The van der Waals surface area contributed by atoms with Gasteiger partial charge in [-0.2, -0.15) is 11.8 Å². The fourth-order valence-corrected chi connectivity index (χ4v) is 6.92. The molecule has 1 aliphatic heterocycles. The van der Waals surface area contributed by atoms with Crippen molar-refractivity contribution in [3.63, 3.8) is 0 Å². The molecule has 3 rings (SSSR count). The number of carbonyl (C=O) groups is 1. The maximum Gasteiger partial charge on any atom is 0.274 e. The molecule has 0 amide bonds. The molecule has 5 heteroatoms. The van der Waals surface area contributed by atoms with Crippen LogP contribution in [0.4, 0.5) is 0 Å². The van der Waals surface area contributed by atoms with Crippen LogP contribution >= 0.6 is 11.8 Å². The van der Waals surface area contributed by atoms with Crippen LogP contribution in [-0.4, -0.2) is 27.0 Å². The molecule has 0 bridgehead atoms. The average molecular weight is 322 g/mol. The Morgan fingerprint density at radius 2 is 2.09 bits per heavy atom. The van der Waals surface area contributed by atoms with Crippen molar-refractivity contribution in [2.75, 3.05) is 5.75 Å². The second-order valence-corrected chi connectivity index (χ2v) is 9.09. The molecule has 1 aliphatic carbocycles. The Kier molecular flexibility index (Phi) is 4.04. The van der Waals surface area contributed by atoms with Crippen LogP contribution in [0.5, 0.6) is 0 Å². The number of hydrogen-bond donors (Lipinski definition) is 2. The van der Waals surface area contributed by atoms with Crippen molar-refractivity contribution >= 4 is 17.5 Å². The molecule has 1 saturated carbocycles. The lowest BCUT2D eigenvalue weighted by Crippen LogP contribution is -2.51. The zero-order chi connectivity index (χ0) is 16.1. The highest BCUT2D eigenvalue weighted by Gasteiger charge is 2.51. The molecule has 2 fully saturated rings. The molecule has 2 aliphatic rings. The molecule has 2 heterocycles. The number of aromatic amines is 2. The molecule has 5 unspecified atom stereocenters. The standard InChI is InChI=1S/C17H26N2O2S/c1-9-7-11(14(20)12-8-18-19-16(12)21)10(2)13-15(9)22-6-5-17(13,3)4/h8-11,13,15H,5-7H2,1-4H3,(H2,18,19,21). The van der Waals surface area contributed by atoms with Gasteiger partial charge in [0.05, 0.1) is 0 Å². The number of thioether (sulfide) groups is 1. The van der Waals surface area contributed by atoms with E-state index in [1.807, 2.05) is 0 Å². The summed E-state index contributed by atoms with van der Waals surface area (Å²) in [5, 5.41) is 5.78. The van der Waals surface area contributed by atoms with Crippen molar-refractivity contribution in [3.05, 3.63) is 22.1 Å². The van der Waals surface area contributed by atoms with E-state index in [0.717, 1.165) is 6.42 Å². The second-order valence-electron chi connectivity index (χ2n) is 7.80. The van der Waals surface area contributed by atoms with E-state index in [1.54, 1.807) is 0 Å². The lowest BCUT2D eigenvalue weighted by Gasteiger charge is -2.54. The van der Waals surface area contributed by atoms with Crippen molar-refractivity contribution in [2.45, 2.75) is 45.8 Å². The van der Waals surface area contributed by atoms with Gasteiger partial charge in [-0.3, -0.25) is 14.7 Å². The predicted molar refractivity (Wildman–Crippen MR) is 90.3 cm³/mol. The summed E-state index contributed by atoms with van der Waals surface area (Å²) in [6.45, 7) is 9.20. The van der Waals surface area contributed by atoms with Crippen LogP contribution in [0.3, 0.4) is 0 Å². The van der Waals surface area contributed by atoms with Crippen molar-refractivity contribution in [3.8, 4) is 0 Å². The third kappa shape index (κ3) is 2.47. The Hall–Kier alpha value is -0.970. The normalized spacial score (nSPS) is 37.5. The van der Waals surface area contributed by atoms with E-state index in [4.69, 9.17) is 0 Å². The highest BCUT2D eigenvalue weighted by Crippen LogP contribution is 2.55. The molecule has 22 heavy (non-hydrogen) atoms. The van der Waals surface area contributed by atoms with Crippen molar-refractivity contribution in [2.24, 2.45) is 29.1 Å². The summed E-state index contributed by atoms with van der Waals surface area (Å²) in [7, 11) is 0. The lowest BCUT2D eigenvalue weighted by molar-refractivity contribution is 0.0319. The maximum absolute atomic E-state index is 12.9. The Balaban J connectivity index is 1.92. The van der Waals surface area contributed by atoms with Crippen LogP contribution in [0.15, 0.2) is 11.0 Å². The zero-order valence-corrected chi connectivity index (χ0v) is 14.6. The highest BCUT2D eigenvalue weighted by molar-refractivity contribution is 8.00. The van der Waals surface area contributed by atoms with E-state index in [1.165, 1.54) is 18.4 Å². The predicted octanol–water partition coefficient (Wildman–Crippen LogP) is 3.33. The number of aromatic nitrogens is 2. The Morgan fingerprint density at radius 3 is 2.73 bits per heavy atom. The number of carbonyl (C=O) groups excluding carboxylic acids is 1. The quantitative estimate of drug-likeness (QED) is 0.821. The van der Waals surface area contributed by atoms with Crippen LogP contribution in [0.1, 0.15) is 50.9 Å². The van der Waals surface area contributed by atoms with Crippen LogP contribution in [0.2, 0.25) is 0 Å². The lowest BCUT2D eigenvalue weighted by atomic mass is 9.57. The number of hydrogen-bond acceptors (Lipinski definition) is 3. The Bertz CT molecular complexity index is 618. The minimum Gasteiger partial charge on any atom is -0.305 e. The fraction of sp³-hybridized carbons (Fsp3) is 0.765. The molecular weight excluding hydrogens is 296 g/mol. The van der Waals surface area contributed by atoms with Crippen molar-refractivity contribution < 1.29 is 4.79 Å².